The van der Waals surface area contributed by atoms with E-state index in [0.717, 1.165) is 0 Å². The minimum Gasteiger partial charge on any atom is -0.466 e. The van der Waals surface area contributed by atoms with Crippen molar-refractivity contribution in [1.29, 1.82) is 0 Å². The van der Waals surface area contributed by atoms with Gasteiger partial charge in [0.05, 0.1) is 32.7 Å². The van der Waals surface area contributed by atoms with Crippen molar-refractivity contribution in [2.45, 2.75) is 78.2 Å². The number of esters is 4. The van der Waals surface area contributed by atoms with E-state index in [1.54, 1.807) is 13.8 Å². The summed E-state index contributed by atoms with van der Waals surface area (Å²) in [5, 5.41) is 0. The number of carbonyl (C=O) groups excluding carboxylic acids is 4. The van der Waals surface area contributed by atoms with Crippen LogP contribution in [-0.2, 0) is 38.1 Å². The van der Waals surface area contributed by atoms with E-state index < -0.39 is 42.3 Å². The van der Waals surface area contributed by atoms with Crippen molar-refractivity contribution >= 4 is 23.9 Å². The summed E-state index contributed by atoms with van der Waals surface area (Å²) in [6.45, 7) is 7.58. The van der Waals surface area contributed by atoms with E-state index in [1.807, 2.05) is 13.8 Å². The number of hydrogen-bond donors (Lipinski definition) is 0. The van der Waals surface area contributed by atoms with Gasteiger partial charge >= 0.3 is 23.9 Å². The summed E-state index contributed by atoms with van der Waals surface area (Å²) in [5.41, 5.74) is -2.09. The Morgan fingerprint density at radius 2 is 1.07 bits per heavy atom. The third kappa shape index (κ3) is 9.96. The first-order chi connectivity index (χ1) is 12.8. The van der Waals surface area contributed by atoms with E-state index in [1.165, 1.54) is 0 Å². The molecule has 0 heterocycles. The van der Waals surface area contributed by atoms with Gasteiger partial charge in [-0.1, -0.05) is 27.7 Å². The van der Waals surface area contributed by atoms with Gasteiger partial charge < -0.3 is 18.9 Å². The van der Waals surface area contributed by atoms with Crippen molar-refractivity contribution in [3.05, 3.63) is 0 Å². The molecule has 0 atom stereocenters. The first-order valence-electron chi connectivity index (χ1n) is 9.55. The van der Waals surface area contributed by atoms with E-state index >= 15 is 0 Å². The Labute approximate surface area is 160 Å². The van der Waals surface area contributed by atoms with Crippen LogP contribution >= 0.6 is 0 Å². The van der Waals surface area contributed by atoms with Gasteiger partial charge in [0.1, 0.15) is 0 Å². The van der Waals surface area contributed by atoms with Gasteiger partial charge in [-0.25, -0.2) is 4.79 Å². The van der Waals surface area contributed by atoms with E-state index in [0.29, 0.717) is 25.7 Å². The van der Waals surface area contributed by atoms with Crippen LogP contribution < -0.4 is 0 Å². The average molecular weight is 388 g/mol. The largest absolute Gasteiger partial charge is 0.466 e. The summed E-state index contributed by atoms with van der Waals surface area (Å²) in [5.74, 6) is -3.15. The predicted molar refractivity (Wildman–Crippen MR) is 96.7 cm³/mol. The SMILES string of the molecule is CCCOC(=O)CC(CC(=O)OCCC)(OC(=O)CCC)C(=O)OCCC. The lowest BCUT2D eigenvalue weighted by atomic mass is 9.94. The van der Waals surface area contributed by atoms with Crippen molar-refractivity contribution in [1.82, 2.24) is 0 Å². The van der Waals surface area contributed by atoms with Gasteiger partial charge in [0, 0.05) is 6.42 Å². The summed E-state index contributed by atoms with van der Waals surface area (Å²) in [7, 11) is 0. The first kappa shape index (κ1) is 24.9. The molecule has 0 rings (SSSR count). The van der Waals surface area contributed by atoms with Crippen LogP contribution in [0.5, 0.6) is 0 Å². The molecule has 0 aromatic carbocycles. The Hall–Kier alpha value is -2.12. The molecule has 27 heavy (non-hydrogen) atoms. The van der Waals surface area contributed by atoms with Crippen molar-refractivity contribution in [2.75, 3.05) is 19.8 Å². The van der Waals surface area contributed by atoms with E-state index in [4.69, 9.17) is 18.9 Å². The van der Waals surface area contributed by atoms with E-state index in [-0.39, 0.29) is 26.2 Å². The fraction of sp³-hybridized carbons (Fsp3) is 0.789. The number of hydrogen-bond acceptors (Lipinski definition) is 8. The highest BCUT2D eigenvalue weighted by atomic mass is 16.6. The Morgan fingerprint density at radius 3 is 1.48 bits per heavy atom. The highest BCUT2D eigenvalue weighted by Crippen LogP contribution is 2.26. The topological polar surface area (TPSA) is 105 Å². The zero-order valence-corrected chi connectivity index (χ0v) is 16.8. The van der Waals surface area contributed by atoms with Crippen LogP contribution in [0.2, 0.25) is 0 Å². The number of ether oxygens (including phenoxy) is 4. The average Bonchev–Trinajstić information content (AvgIpc) is 2.62. The summed E-state index contributed by atoms with van der Waals surface area (Å²) in [4.78, 5) is 49.1. The second-order valence-electron chi connectivity index (χ2n) is 6.15. The van der Waals surface area contributed by atoms with Crippen LogP contribution in [0.1, 0.15) is 72.6 Å². The third-order valence-electron chi connectivity index (χ3n) is 3.37. The molecule has 8 nitrogen and oxygen atoms in total. The quantitative estimate of drug-likeness (QED) is 0.330. The Kier molecular flexibility index (Phi) is 12.9. The molecule has 0 saturated carbocycles. The lowest BCUT2D eigenvalue weighted by Gasteiger charge is -2.29. The molecule has 8 heteroatoms. The molecule has 0 unspecified atom stereocenters. The van der Waals surface area contributed by atoms with Gasteiger partial charge in [-0.05, 0) is 25.7 Å². The number of carbonyl (C=O) groups is 4. The van der Waals surface area contributed by atoms with Crippen LogP contribution in [0.15, 0.2) is 0 Å². The van der Waals surface area contributed by atoms with Crippen molar-refractivity contribution < 1.29 is 38.1 Å². The van der Waals surface area contributed by atoms with Crippen LogP contribution in [0.25, 0.3) is 0 Å². The zero-order chi connectivity index (χ0) is 20.7. The maximum atomic E-state index is 12.7. The van der Waals surface area contributed by atoms with Crippen LogP contribution in [-0.4, -0.2) is 49.3 Å². The summed E-state index contributed by atoms with van der Waals surface area (Å²) in [6, 6.07) is 0. The van der Waals surface area contributed by atoms with Crippen molar-refractivity contribution in [2.24, 2.45) is 0 Å². The van der Waals surface area contributed by atoms with Crippen LogP contribution in [0.4, 0.5) is 0 Å². The van der Waals surface area contributed by atoms with Gasteiger partial charge in [-0.3, -0.25) is 14.4 Å². The van der Waals surface area contributed by atoms with Crippen molar-refractivity contribution in [3.63, 3.8) is 0 Å². The number of rotatable bonds is 14. The Balaban J connectivity index is 5.63. The van der Waals surface area contributed by atoms with Gasteiger partial charge in [0.25, 0.3) is 0 Å². The normalized spacial score (nSPS) is 10.8. The molecule has 0 aromatic rings. The van der Waals surface area contributed by atoms with Crippen molar-refractivity contribution in [3.8, 4) is 0 Å². The molecule has 0 aromatic heterocycles. The third-order valence-corrected chi connectivity index (χ3v) is 3.37. The summed E-state index contributed by atoms with van der Waals surface area (Å²) < 4.78 is 20.5. The lowest BCUT2D eigenvalue weighted by Crippen LogP contribution is -2.48. The van der Waals surface area contributed by atoms with Gasteiger partial charge in [0.2, 0.25) is 5.60 Å². The summed E-state index contributed by atoms with van der Waals surface area (Å²) >= 11 is 0. The molecule has 0 bridgehead atoms. The van der Waals surface area contributed by atoms with Gasteiger partial charge in [-0.2, -0.15) is 0 Å². The molecule has 0 aliphatic heterocycles. The first-order valence-corrected chi connectivity index (χ1v) is 9.55. The molecule has 0 fully saturated rings. The Morgan fingerprint density at radius 1 is 0.630 bits per heavy atom. The highest BCUT2D eigenvalue weighted by Gasteiger charge is 2.49. The Bertz CT molecular complexity index is 464. The minimum atomic E-state index is -2.09. The molecule has 0 N–H and O–H groups in total. The van der Waals surface area contributed by atoms with Crippen LogP contribution in [0, 0.1) is 0 Å². The van der Waals surface area contributed by atoms with E-state index in [9.17, 15) is 19.2 Å². The smallest absolute Gasteiger partial charge is 0.351 e. The maximum absolute atomic E-state index is 12.7. The molecule has 0 spiro atoms. The standard InChI is InChI=1S/C19H32O8/c1-5-9-15(20)27-19(18(23)26-12-8-4,13-16(21)24-10-6-2)14-17(22)25-11-7-3/h5-14H2,1-4H3. The van der Waals surface area contributed by atoms with Gasteiger partial charge in [0.15, 0.2) is 0 Å². The minimum absolute atomic E-state index is 0.0385. The van der Waals surface area contributed by atoms with E-state index in [2.05, 4.69) is 0 Å². The molecular weight excluding hydrogens is 356 g/mol. The molecule has 0 radical (unpaired) electrons. The maximum Gasteiger partial charge on any atom is 0.351 e. The predicted octanol–water partition coefficient (Wildman–Crippen LogP) is 2.71. The second kappa shape index (κ2) is 14.0. The summed E-state index contributed by atoms with van der Waals surface area (Å²) in [6.07, 6.45) is 1.03. The monoisotopic (exact) mass is 388 g/mol. The highest BCUT2D eigenvalue weighted by molar-refractivity contribution is 5.92. The molecular formula is C19H32O8. The lowest BCUT2D eigenvalue weighted by molar-refractivity contribution is -0.191. The molecule has 0 saturated heterocycles. The fourth-order valence-corrected chi connectivity index (χ4v) is 2.12. The second-order valence-corrected chi connectivity index (χ2v) is 6.15. The molecule has 0 aliphatic carbocycles. The molecule has 0 amide bonds. The molecule has 0 aliphatic rings. The fourth-order valence-electron chi connectivity index (χ4n) is 2.12. The van der Waals surface area contributed by atoms with Gasteiger partial charge in [-0.15, -0.1) is 0 Å². The molecule has 156 valence electrons. The van der Waals surface area contributed by atoms with Crippen LogP contribution in [0.3, 0.4) is 0 Å². The zero-order valence-electron chi connectivity index (χ0n) is 16.8.